The van der Waals surface area contributed by atoms with Gasteiger partial charge in [-0.1, -0.05) is 0 Å². The zero-order chi connectivity index (χ0) is 26.4. The Hall–Kier alpha value is 1.16. The fraction of sp³-hybridized carbons (Fsp3) is 0.952. The van der Waals surface area contributed by atoms with Crippen molar-refractivity contribution in [2.45, 2.75) is 0 Å². The Morgan fingerprint density at radius 3 is 0.545 bits per heavy atom. The molecule has 0 aromatic rings. The Morgan fingerprint density at radius 2 is 0.545 bits per heavy atom. The summed E-state index contributed by atoms with van der Waals surface area (Å²) in [7, 11) is 33.3. The van der Waals surface area contributed by atoms with Crippen LogP contribution in [-0.4, -0.2) is 176 Å². The predicted octanol–water partition coefficient (Wildman–Crippen LogP) is 0.214. The molecule has 0 aliphatic rings. The fourth-order valence-electron chi connectivity index (χ4n) is 1.20. The van der Waals surface area contributed by atoms with Gasteiger partial charge in [-0.25, -0.2) is 0 Å². The quantitative estimate of drug-likeness (QED) is 0.101. The molecule has 0 heterocycles. The molecule has 208 valence electrons. The minimum absolute atomic E-state index is 0. The van der Waals surface area contributed by atoms with Crippen LogP contribution < -0.4 is 0 Å². The fourth-order valence-corrected chi connectivity index (χ4v) is 1.20. The topological polar surface area (TPSA) is 80.9 Å². The molecule has 0 fully saturated rings. The summed E-state index contributed by atoms with van der Waals surface area (Å²) in [5, 5.41) is 33.5. The molecular formula is C21H60MoN4O4S3+4. The van der Waals surface area contributed by atoms with Crippen molar-refractivity contribution in [2.24, 2.45) is 0 Å². The molecule has 0 amide bonds. The van der Waals surface area contributed by atoms with E-state index in [2.05, 4.69) is 104 Å². The van der Waals surface area contributed by atoms with Gasteiger partial charge in [0.05, 0.1) is 111 Å². The molecule has 0 saturated carbocycles. The number of hydrogen-bond acceptors (Lipinski definition) is 7. The molecular weight excluding hydrogens is 564 g/mol. The summed E-state index contributed by atoms with van der Waals surface area (Å²) in [5.41, 5.74) is 0. The maximum absolute atomic E-state index is 8.39. The van der Waals surface area contributed by atoms with Gasteiger partial charge >= 0.3 is 34.6 Å². The number of quaternary nitrogens is 4. The number of aliphatic hydroxyl groups is 4. The third kappa shape index (κ3) is 109. The Morgan fingerprint density at radius 1 is 0.455 bits per heavy atom. The van der Waals surface area contributed by atoms with Gasteiger partial charge in [0.15, 0.2) is 0 Å². The van der Waals surface area contributed by atoms with Gasteiger partial charge < -0.3 is 59.3 Å². The van der Waals surface area contributed by atoms with Gasteiger partial charge in [0.25, 0.3) is 0 Å². The van der Waals surface area contributed by atoms with Crippen LogP contribution in [0, 0.1) is 7.43 Å². The Bertz CT molecular complexity index is 340. The summed E-state index contributed by atoms with van der Waals surface area (Å²) in [6.45, 7) is 4.46. The standard InChI is InChI=1S/4C5H14NO.CH3.Mo.H2S.2S/c4*1-6(2,3)4-5-7;;;;;/h4*7H,4-5H2,1-3H3;1H3;;1H2;;/q4*+1;-1;+2;;;/p-1. The molecule has 0 unspecified atom stereocenters. The van der Waals surface area contributed by atoms with Gasteiger partial charge in [0, 0.05) is 0 Å². The van der Waals surface area contributed by atoms with Gasteiger partial charge in [0.2, 0.25) is 0 Å². The molecule has 0 bridgehead atoms. The van der Waals surface area contributed by atoms with Crippen molar-refractivity contribution in [3.8, 4) is 0 Å². The second-order valence-electron chi connectivity index (χ2n) is 11.0. The van der Waals surface area contributed by atoms with Crippen molar-refractivity contribution in [3.63, 3.8) is 0 Å². The minimum atomic E-state index is -0.363. The molecule has 12 heteroatoms. The first-order chi connectivity index (χ1) is 13.7. The van der Waals surface area contributed by atoms with E-state index < -0.39 is 0 Å². The van der Waals surface area contributed by atoms with Crippen molar-refractivity contribution >= 4 is 33.1 Å². The summed E-state index contributed by atoms with van der Waals surface area (Å²) in [4.78, 5) is 0. The molecule has 4 N–H and O–H groups in total. The molecule has 0 aromatic heterocycles. The van der Waals surface area contributed by atoms with Crippen LogP contribution in [0.2, 0.25) is 0 Å². The van der Waals surface area contributed by atoms with Gasteiger partial charge in [-0.2, -0.15) is 0 Å². The maximum atomic E-state index is 8.39. The van der Waals surface area contributed by atoms with Crippen LogP contribution in [0.4, 0.5) is 0 Å². The number of aliphatic hydroxyl groups excluding tert-OH is 4. The average Bonchev–Trinajstić information content (AvgIpc) is 2.44. The Labute approximate surface area is 230 Å². The monoisotopic (exact) mass is 626 g/mol. The first-order valence-electron chi connectivity index (χ1n) is 10.2. The van der Waals surface area contributed by atoms with E-state index in [4.69, 9.17) is 20.4 Å². The summed E-state index contributed by atoms with van der Waals surface area (Å²) < 4.78 is 3.38. The van der Waals surface area contributed by atoms with E-state index in [0.29, 0.717) is 0 Å². The average molecular weight is 625 g/mol. The summed E-state index contributed by atoms with van der Waals surface area (Å²) in [6, 6.07) is 0. The molecule has 0 atom stereocenters. The summed E-state index contributed by atoms with van der Waals surface area (Å²) in [5.74, 6) is 0. The Kier molecular flexibility index (Phi) is 45.3. The van der Waals surface area contributed by atoms with Crippen LogP contribution in [0.5, 0.6) is 0 Å². The second kappa shape index (κ2) is 29.4. The van der Waals surface area contributed by atoms with Gasteiger partial charge in [-0.15, -0.1) is 0 Å². The van der Waals surface area contributed by atoms with Gasteiger partial charge in [0.1, 0.15) is 26.2 Å². The predicted molar refractivity (Wildman–Crippen MR) is 150 cm³/mol. The van der Waals surface area contributed by atoms with Crippen LogP contribution in [0.15, 0.2) is 0 Å². The molecule has 0 aromatic carbocycles. The number of hydrogen-bond donors (Lipinski definition) is 4. The molecule has 0 radical (unpaired) electrons. The summed E-state index contributed by atoms with van der Waals surface area (Å²) >= 11 is -0.363. The molecule has 0 spiro atoms. The van der Waals surface area contributed by atoms with Gasteiger partial charge in [-0.3, -0.25) is 0 Å². The molecule has 0 saturated heterocycles. The number of thiol groups is 1. The van der Waals surface area contributed by atoms with E-state index >= 15 is 0 Å². The molecule has 0 rings (SSSR count). The SMILES string of the molecule is C[N+](C)(C)CCO.C[N+](C)(C)CCO.C[N+](C)(C)CCO.C[N+](C)(C)CCO.[CH3-].[SH-].[S]=[Mo+2]=[S]. The second-order valence-corrected chi connectivity index (χ2v) is 14.6. The first kappa shape index (κ1) is 50.9. The number of nitrogens with zero attached hydrogens (tertiary/aromatic N) is 4. The van der Waals surface area contributed by atoms with Crippen molar-refractivity contribution < 1.29 is 53.3 Å². The van der Waals surface area contributed by atoms with E-state index in [1.165, 1.54) is 0 Å². The van der Waals surface area contributed by atoms with E-state index in [1.807, 2.05) is 0 Å². The van der Waals surface area contributed by atoms with E-state index in [1.54, 1.807) is 0 Å². The van der Waals surface area contributed by atoms with Crippen molar-refractivity contribution in [2.75, 3.05) is 137 Å². The van der Waals surface area contributed by atoms with Crippen LogP contribution >= 0.6 is 19.6 Å². The van der Waals surface area contributed by atoms with Gasteiger partial charge in [-0.05, 0) is 0 Å². The zero-order valence-corrected chi connectivity index (χ0v) is 28.4. The van der Waals surface area contributed by atoms with Crippen molar-refractivity contribution in [3.05, 3.63) is 7.43 Å². The van der Waals surface area contributed by atoms with Crippen LogP contribution in [0.1, 0.15) is 0 Å². The molecule has 33 heavy (non-hydrogen) atoms. The number of likely N-dealkylation sites (N-methyl/N-ethyl adjacent to an activating group) is 4. The first-order valence-corrected chi connectivity index (χ1v) is 15.8. The molecule has 0 aliphatic carbocycles. The van der Waals surface area contributed by atoms with E-state index in [0.717, 1.165) is 44.1 Å². The van der Waals surface area contributed by atoms with Crippen molar-refractivity contribution in [1.29, 1.82) is 0 Å². The third-order valence-corrected chi connectivity index (χ3v) is 3.08. The Balaban J connectivity index is -0.0000000515. The van der Waals surface area contributed by atoms with Crippen LogP contribution in [0.25, 0.3) is 0 Å². The van der Waals surface area contributed by atoms with Crippen LogP contribution in [-0.2, 0) is 28.4 Å². The van der Waals surface area contributed by atoms with Crippen LogP contribution in [0.3, 0.4) is 0 Å². The molecule has 8 nitrogen and oxygen atoms in total. The molecule has 0 aliphatic heterocycles. The normalized spacial score (nSPS) is 10.4. The summed E-state index contributed by atoms with van der Waals surface area (Å²) in [6.07, 6.45) is 0. The number of rotatable bonds is 8. The third-order valence-electron chi connectivity index (χ3n) is 3.08. The zero-order valence-electron chi connectivity index (χ0n) is 23.9. The van der Waals surface area contributed by atoms with Crippen molar-refractivity contribution in [1.82, 2.24) is 0 Å². The van der Waals surface area contributed by atoms with E-state index in [-0.39, 0.29) is 62.3 Å². The van der Waals surface area contributed by atoms with E-state index in [9.17, 15) is 0 Å².